The first-order chi connectivity index (χ1) is 12.7. The van der Waals surface area contributed by atoms with Gasteiger partial charge in [0.1, 0.15) is 5.82 Å². The fraction of sp³-hybridized carbons (Fsp3) is 0.312. The topological polar surface area (TPSA) is 115 Å². The number of anilines is 4. The maximum absolute atomic E-state index is 5.81. The third-order valence-corrected chi connectivity index (χ3v) is 5.28. The van der Waals surface area contributed by atoms with Crippen LogP contribution in [0.5, 0.6) is 0 Å². The lowest BCUT2D eigenvalue weighted by atomic mass is 10.3. The van der Waals surface area contributed by atoms with Crippen LogP contribution in [0.2, 0.25) is 0 Å². The summed E-state index contributed by atoms with van der Waals surface area (Å²) in [5.41, 5.74) is 6.70. The first kappa shape index (κ1) is 18.3. The molecule has 0 saturated carbocycles. The van der Waals surface area contributed by atoms with Gasteiger partial charge < -0.3 is 16.4 Å². The summed E-state index contributed by atoms with van der Waals surface area (Å²) in [6, 6.07) is 9.68. The normalized spacial score (nSPS) is 10.7. The molecule has 8 nitrogen and oxygen atoms in total. The summed E-state index contributed by atoms with van der Waals surface area (Å²) in [7, 11) is 0. The molecule has 1 aromatic carbocycles. The Kier molecular flexibility index (Phi) is 6.56. The summed E-state index contributed by atoms with van der Waals surface area (Å²) < 4.78 is 0.862. The van der Waals surface area contributed by atoms with Gasteiger partial charge in [0.05, 0.1) is 5.75 Å². The summed E-state index contributed by atoms with van der Waals surface area (Å²) >= 11 is 3.05. The van der Waals surface area contributed by atoms with E-state index < -0.39 is 0 Å². The molecular formula is C16H20N8S2. The standard InChI is InChI=1S/C16H20N8S2/c1-2-3-9-18-15-23-24-16(26-15)25-10-12-20-13(17)22-14(21-12)19-11-7-5-4-6-8-11/h4-8H,2-3,9-10H2,1H3,(H,18,23)(H3,17,19,20,21,22). The number of hydrogen-bond acceptors (Lipinski definition) is 10. The molecule has 0 aliphatic rings. The summed E-state index contributed by atoms with van der Waals surface area (Å²) in [4.78, 5) is 12.7. The Balaban J connectivity index is 1.59. The van der Waals surface area contributed by atoms with Crippen LogP contribution in [0.3, 0.4) is 0 Å². The largest absolute Gasteiger partial charge is 0.368 e. The van der Waals surface area contributed by atoms with Gasteiger partial charge in [0, 0.05) is 12.2 Å². The molecule has 10 heteroatoms. The van der Waals surface area contributed by atoms with E-state index in [2.05, 4.69) is 42.7 Å². The minimum Gasteiger partial charge on any atom is -0.368 e. The Morgan fingerprint density at radius 1 is 1.12 bits per heavy atom. The van der Waals surface area contributed by atoms with Crippen LogP contribution in [-0.4, -0.2) is 31.7 Å². The zero-order valence-corrected chi connectivity index (χ0v) is 16.0. The lowest BCUT2D eigenvalue weighted by Gasteiger charge is -2.06. The highest BCUT2D eigenvalue weighted by molar-refractivity contribution is 8.00. The van der Waals surface area contributed by atoms with Crippen LogP contribution in [0.25, 0.3) is 0 Å². The van der Waals surface area contributed by atoms with Crippen molar-refractivity contribution in [2.24, 2.45) is 0 Å². The second-order valence-electron chi connectivity index (χ2n) is 5.37. The van der Waals surface area contributed by atoms with Crippen molar-refractivity contribution in [2.75, 3.05) is 22.9 Å². The average Bonchev–Trinajstić information content (AvgIpc) is 3.08. The van der Waals surface area contributed by atoms with E-state index in [9.17, 15) is 0 Å². The van der Waals surface area contributed by atoms with Gasteiger partial charge in [-0.3, -0.25) is 0 Å². The zero-order valence-electron chi connectivity index (χ0n) is 14.3. The van der Waals surface area contributed by atoms with E-state index in [1.54, 1.807) is 0 Å². The first-order valence-corrected chi connectivity index (χ1v) is 10.1. The second-order valence-corrected chi connectivity index (χ2v) is 7.57. The Labute approximate surface area is 160 Å². The minimum atomic E-state index is 0.188. The second kappa shape index (κ2) is 9.30. The zero-order chi connectivity index (χ0) is 18.2. The number of nitrogens with zero attached hydrogens (tertiary/aromatic N) is 5. The van der Waals surface area contributed by atoms with Gasteiger partial charge in [-0.25, -0.2) is 0 Å². The first-order valence-electron chi connectivity index (χ1n) is 8.25. The van der Waals surface area contributed by atoms with Crippen LogP contribution in [0.1, 0.15) is 25.6 Å². The van der Waals surface area contributed by atoms with E-state index in [0.717, 1.165) is 34.5 Å². The average molecular weight is 389 g/mol. The fourth-order valence-corrected chi connectivity index (χ4v) is 3.68. The molecule has 3 aromatic rings. The van der Waals surface area contributed by atoms with Gasteiger partial charge in [-0.15, -0.1) is 10.2 Å². The summed E-state index contributed by atoms with van der Waals surface area (Å²) in [6.07, 6.45) is 2.26. The lowest BCUT2D eigenvalue weighted by molar-refractivity contribution is 0.830. The van der Waals surface area contributed by atoms with Gasteiger partial charge in [-0.05, 0) is 18.6 Å². The molecule has 0 bridgehead atoms. The highest BCUT2D eigenvalue weighted by Crippen LogP contribution is 2.27. The van der Waals surface area contributed by atoms with Crippen molar-refractivity contribution in [3.05, 3.63) is 36.2 Å². The predicted octanol–water partition coefficient (Wildman–Crippen LogP) is 3.55. The number of aromatic nitrogens is 5. The van der Waals surface area contributed by atoms with Crippen molar-refractivity contribution in [1.29, 1.82) is 0 Å². The minimum absolute atomic E-state index is 0.188. The molecule has 0 radical (unpaired) electrons. The highest BCUT2D eigenvalue weighted by atomic mass is 32.2. The molecule has 2 aromatic heterocycles. The number of rotatable bonds is 9. The Bertz CT molecular complexity index is 824. The van der Waals surface area contributed by atoms with Crippen LogP contribution in [0.4, 0.5) is 22.7 Å². The van der Waals surface area contributed by atoms with Gasteiger partial charge in [0.15, 0.2) is 4.34 Å². The molecule has 4 N–H and O–H groups in total. The van der Waals surface area contributed by atoms with Crippen LogP contribution >= 0.6 is 23.1 Å². The maximum atomic E-state index is 5.81. The predicted molar refractivity (Wildman–Crippen MR) is 107 cm³/mol. The lowest BCUT2D eigenvalue weighted by Crippen LogP contribution is -2.06. The van der Waals surface area contributed by atoms with Crippen LogP contribution in [0, 0.1) is 0 Å². The van der Waals surface area contributed by atoms with E-state index in [4.69, 9.17) is 5.73 Å². The SMILES string of the molecule is CCCCNc1nnc(SCc2nc(N)nc(Nc3ccccc3)n2)s1. The summed E-state index contributed by atoms with van der Waals surface area (Å²) in [6.45, 7) is 3.07. The third-order valence-electron chi connectivity index (χ3n) is 3.27. The quantitative estimate of drug-likeness (QED) is 0.374. The maximum Gasteiger partial charge on any atom is 0.232 e. The van der Waals surface area contributed by atoms with E-state index in [1.165, 1.54) is 23.1 Å². The number of para-hydroxylation sites is 1. The summed E-state index contributed by atoms with van der Waals surface area (Å²) in [5, 5.41) is 15.5. The molecule has 3 rings (SSSR count). The number of nitrogens with two attached hydrogens (primary N) is 1. The number of hydrogen-bond donors (Lipinski definition) is 3. The van der Waals surface area contributed by atoms with Crippen molar-refractivity contribution < 1.29 is 0 Å². The number of nitrogen functional groups attached to an aromatic ring is 1. The number of thioether (sulfide) groups is 1. The van der Waals surface area contributed by atoms with Crippen molar-refractivity contribution >= 4 is 45.8 Å². The van der Waals surface area contributed by atoms with Crippen molar-refractivity contribution in [1.82, 2.24) is 25.1 Å². The third kappa shape index (κ3) is 5.53. The summed E-state index contributed by atoms with van der Waals surface area (Å²) in [5.74, 6) is 1.75. The van der Waals surface area contributed by atoms with Gasteiger partial charge in [0.2, 0.25) is 17.0 Å². The molecule has 2 heterocycles. The van der Waals surface area contributed by atoms with Crippen molar-refractivity contribution in [3.8, 4) is 0 Å². The number of benzene rings is 1. The monoisotopic (exact) mass is 388 g/mol. The Hall–Kier alpha value is -2.46. The van der Waals surface area contributed by atoms with Gasteiger partial charge in [0.25, 0.3) is 0 Å². The van der Waals surface area contributed by atoms with Crippen molar-refractivity contribution in [3.63, 3.8) is 0 Å². The van der Waals surface area contributed by atoms with E-state index >= 15 is 0 Å². The number of nitrogens with one attached hydrogen (secondary N) is 2. The molecule has 136 valence electrons. The molecule has 26 heavy (non-hydrogen) atoms. The molecule has 0 spiro atoms. The van der Waals surface area contributed by atoms with Gasteiger partial charge >= 0.3 is 0 Å². The number of unbranched alkanes of at least 4 members (excludes halogenated alkanes) is 1. The molecule has 0 aliphatic carbocycles. The fourth-order valence-electron chi connectivity index (χ4n) is 2.05. The molecule has 0 saturated heterocycles. The van der Waals surface area contributed by atoms with Gasteiger partial charge in [-0.2, -0.15) is 15.0 Å². The smallest absolute Gasteiger partial charge is 0.232 e. The molecule has 0 atom stereocenters. The molecule has 0 fully saturated rings. The molecular weight excluding hydrogens is 368 g/mol. The molecule has 0 unspecified atom stereocenters. The van der Waals surface area contributed by atoms with Crippen molar-refractivity contribution in [2.45, 2.75) is 29.9 Å². The Morgan fingerprint density at radius 3 is 2.77 bits per heavy atom. The molecule has 0 aliphatic heterocycles. The molecule has 0 amide bonds. The van der Waals surface area contributed by atoms with E-state index in [0.29, 0.717) is 17.5 Å². The highest BCUT2D eigenvalue weighted by Gasteiger charge is 2.09. The van der Waals surface area contributed by atoms with Crippen LogP contribution in [-0.2, 0) is 5.75 Å². The van der Waals surface area contributed by atoms with Gasteiger partial charge in [-0.1, -0.05) is 54.6 Å². The van der Waals surface area contributed by atoms with Crippen LogP contribution < -0.4 is 16.4 Å². The van der Waals surface area contributed by atoms with E-state index in [1.807, 2.05) is 30.3 Å². The Morgan fingerprint density at radius 2 is 1.96 bits per heavy atom. The van der Waals surface area contributed by atoms with Crippen LogP contribution in [0.15, 0.2) is 34.7 Å². The van der Waals surface area contributed by atoms with E-state index in [-0.39, 0.29) is 5.95 Å².